The zero-order valence-corrected chi connectivity index (χ0v) is 11.5. The van der Waals surface area contributed by atoms with Crippen molar-refractivity contribution in [2.75, 3.05) is 13.7 Å². The van der Waals surface area contributed by atoms with E-state index in [9.17, 15) is 9.18 Å². The first kappa shape index (κ1) is 14.0. The van der Waals surface area contributed by atoms with Crippen LogP contribution in [-0.4, -0.2) is 19.6 Å². The van der Waals surface area contributed by atoms with Crippen molar-refractivity contribution in [3.05, 3.63) is 35.1 Å². The molecule has 1 aliphatic rings. The van der Waals surface area contributed by atoms with Crippen LogP contribution < -0.4 is 5.32 Å². The van der Waals surface area contributed by atoms with Crippen molar-refractivity contribution in [2.24, 2.45) is 5.41 Å². The second kappa shape index (κ2) is 5.70. The monoisotopic (exact) mass is 265 g/mol. The van der Waals surface area contributed by atoms with Crippen LogP contribution in [0.2, 0.25) is 0 Å². The molecule has 1 saturated carbocycles. The number of esters is 1. The van der Waals surface area contributed by atoms with Crippen molar-refractivity contribution in [1.82, 2.24) is 5.32 Å². The Hall–Kier alpha value is -1.42. The number of carbonyl (C=O) groups excluding carboxylic acids is 1. The number of halogens is 1. The minimum absolute atomic E-state index is 0.0165. The van der Waals surface area contributed by atoms with E-state index in [0.29, 0.717) is 12.0 Å². The highest BCUT2D eigenvalue weighted by Gasteiger charge is 2.30. The highest BCUT2D eigenvalue weighted by Crippen LogP contribution is 2.39. The van der Waals surface area contributed by atoms with E-state index in [2.05, 4.69) is 17.0 Å². The predicted molar refractivity (Wildman–Crippen MR) is 71.4 cm³/mol. The first-order valence-electron chi connectivity index (χ1n) is 6.61. The van der Waals surface area contributed by atoms with Crippen LogP contribution in [0.4, 0.5) is 4.39 Å². The number of hydrogen-bond acceptors (Lipinski definition) is 3. The van der Waals surface area contributed by atoms with E-state index < -0.39 is 11.8 Å². The molecule has 0 unspecified atom stereocenters. The maximum absolute atomic E-state index is 13.7. The van der Waals surface area contributed by atoms with Gasteiger partial charge in [-0.25, -0.2) is 9.18 Å². The number of hydrogen-bond donors (Lipinski definition) is 1. The van der Waals surface area contributed by atoms with Crippen LogP contribution in [0.5, 0.6) is 0 Å². The Balaban J connectivity index is 1.90. The summed E-state index contributed by atoms with van der Waals surface area (Å²) < 4.78 is 18.2. The van der Waals surface area contributed by atoms with Gasteiger partial charge in [-0.2, -0.15) is 0 Å². The molecule has 0 spiro atoms. The summed E-state index contributed by atoms with van der Waals surface area (Å²) in [6, 6.07) is 4.62. The van der Waals surface area contributed by atoms with Gasteiger partial charge in [-0.1, -0.05) is 19.4 Å². The Labute approximate surface area is 113 Å². The maximum atomic E-state index is 13.7. The van der Waals surface area contributed by atoms with Crippen LogP contribution in [0.3, 0.4) is 0 Å². The molecule has 0 heterocycles. The van der Waals surface area contributed by atoms with Crippen molar-refractivity contribution in [1.29, 1.82) is 0 Å². The Morgan fingerprint density at radius 1 is 1.47 bits per heavy atom. The fourth-order valence-corrected chi connectivity index (χ4v) is 2.41. The van der Waals surface area contributed by atoms with Gasteiger partial charge in [0.1, 0.15) is 5.82 Å². The number of benzene rings is 1. The lowest BCUT2D eigenvalue weighted by Crippen LogP contribution is -2.36. The topological polar surface area (TPSA) is 38.3 Å². The first-order chi connectivity index (χ1) is 9.04. The average Bonchev–Trinajstić information content (AvgIpc) is 2.36. The highest BCUT2D eigenvalue weighted by molar-refractivity contribution is 5.89. The molecule has 2 rings (SSSR count). The third-order valence-corrected chi connectivity index (χ3v) is 3.88. The highest BCUT2D eigenvalue weighted by atomic mass is 19.1. The SMILES string of the molecule is COC(=O)c1ccc(CNCC2(C)CCC2)cc1F. The summed E-state index contributed by atoms with van der Waals surface area (Å²) in [5.41, 5.74) is 1.23. The molecule has 1 aliphatic carbocycles. The quantitative estimate of drug-likeness (QED) is 0.832. The van der Waals surface area contributed by atoms with Crippen LogP contribution in [0.25, 0.3) is 0 Å². The Bertz CT molecular complexity index is 469. The van der Waals surface area contributed by atoms with Gasteiger partial charge in [0, 0.05) is 13.1 Å². The number of methoxy groups -OCH3 is 1. The van der Waals surface area contributed by atoms with Gasteiger partial charge in [-0.05, 0) is 36.0 Å². The van der Waals surface area contributed by atoms with Gasteiger partial charge in [0.2, 0.25) is 0 Å². The number of carbonyl (C=O) groups is 1. The molecule has 19 heavy (non-hydrogen) atoms. The molecule has 0 aliphatic heterocycles. The van der Waals surface area contributed by atoms with Crippen LogP contribution in [-0.2, 0) is 11.3 Å². The van der Waals surface area contributed by atoms with Gasteiger partial charge in [0.25, 0.3) is 0 Å². The lowest BCUT2D eigenvalue weighted by molar-refractivity contribution is 0.0595. The minimum Gasteiger partial charge on any atom is -0.465 e. The Morgan fingerprint density at radius 3 is 2.74 bits per heavy atom. The van der Waals surface area contributed by atoms with Gasteiger partial charge in [0.15, 0.2) is 0 Å². The normalized spacial score (nSPS) is 16.8. The number of ether oxygens (including phenoxy) is 1. The van der Waals surface area contributed by atoms with Crippen molar-refractivity contribution < 1.29 is 13.9 Å². The second-order valence-corrected chi connectivity index (χ2v) is 5.57. The molecule has 4 heteroatoms. The molecular weight excluding hydrogens is 245 g/mol. The summed E-state index contributed by atoms with van der Waals surface area (Å²) in [7, 11) is 1.25. The number of rotatable bonds is 5. The molecule has 0 saturated heterocycles. The largest absolute Gasteiger partial charge is 0.465 e. The zero-order chi connectivity index (χ0) is 13.9. The molecule has 3 nitrogen and oxygen atoms in total. The smallest absolute Gasteiger partial charge is 0.340 e. The summed E-state index contributed by atoms with van der Waals surface area (Å²) >= 11 is 0. The molecule has 0 radical (unpaired) electrons. The van der Waals surface area contributed by atoms with Crippen LogP contribution in [0.1, 0.15) is 42.1 Å². The van der Waals surface area contributed by atoms with E-state index in [1.165, 1.54) is 38.5 Å². The van der Waals surface area contributed by atoms with E-state index in [1.54, 1.807) is 6.07 Å². The van der Waals surface area contributed by atoms with E-state index in [4.69, 9.17) is 0 Å². The van der Waals surface area contributed by atoms with Crippen molar-refractivity contribution in [3.8, 4) is 0 Å². The fraction of sp³-hybridized carbons (Fsp3) is 0.533. The lowest BCUT2D eigenvalue weighted by Gasteiger charge is -2.38. The molecule has 0 bridgehead atoms. The third kappa shape index (κ3) is 3.32. The summed E-state index contributed by atoms with van der Waals surface area (Å²) in [5.74, 6) is -1.17. The number of nitrogens with one attached hydrogen (secondary N) is 1. The van der Waals surface area contributed by atoms with E-state index >= 15 is 0 Å². The van der Waals surface area contributed by atoms with Crippen LogP contribution in [0.15, 0.2) is 18.2 Å². The molecule has 104 valence electrons. The second-order valence-electron chi connectivity index (χ2n) is 5.57. The third-order valence-electron chi connectivity index (χ3n) is 3.88. The molecular formula is C15H20FNO2. The maximum Gasteiger partial charge on any atom is 0.340 e. The van der Waals surface area contributed by atoms with E-state index in [1.807, 2.05) is 0 Å². The molecule has 1 N–H and O–H groups in total. The van der Waals surface area contributed by atoms with E-state index in [0.717, 1.165) is 12.1 Å². The standard InChI is InChI=1S/C15H20FNO2/c1-15(6-3-7-15)10-17-9-11-4-5-12(13(16)8-11)14(18)19-2/h4-5,8,17H,3,6-7,9-10H2,1-2H3. The summed E-state index contributed by atoms with van der Waals surface area (Å²) in [5, 5.41) is 3.35. The summed E-state index contributed by atoms with van der Waals surface area (Å²) in [6.07, 6.45) is 3.83. The van der Waals surface area contributed by atoms with Gasteiger partial charge in [-0.15, -0.1) is 0 Å². The molecule has 0 aromatic heterocycles. The molecule has 1 aromatic carbocycles. The van der Waals surface area contributed by atoms with Gasteiger partial charge in [0.05, 0.1) is 12.7 Å². The van der Waals surface area contributed by atoms with Gasteiger partial charge >= 0.3 is 5.97 Å². The Kier molecular flexibility index (Phi) is 4.20. The first-order valence-corrected chi connectivity index (χ1v) is 6.61. The van der Waals surface area contributed by atoms with Gasteiger partial charge in [-0.3, -0.25) is 0 Å². The van der Waals surface area contributed by atoms with Gasteiger partial charge < -0.3 is 10.1 Å². The van der Waals surface area contributed by atoms with Crippen molar-refractivity contribution >= 4 is 5.97 Å². The van der Waals surface area contributed by atoms with E-state index in [-0.39, 0.29) is 5.56 Å². The zero-order valence-electron chi connectivity index (χ0n) is 11.5. The van der Waals surface area contributed by atoms with Crippen LogP contribution in [0, 0.1) is 11.2 Å². The van der Waals surface area contributed by atoms with Crippen molar-refractivity contribution in [2.45, 2.75) is 32.7 Å². The minimum atomic E-state index is -0.640. The lowest BCUT2D eigenvalue weighted by atomic mass is 9.70. The molecule has 1 fully saturated rings. The summed E-state index contributed by atoms with van der Waals surface area (Å²) in [4.78, 5) is 11.3. The van der Waals surface area contributed by atoms with Crippen LogP contribution >= 0.6 is 0 Å². The summed E-state index contributed by atoms with van der Waals surface area (Å²) in [6.45, 7) is 3.84. The fourth-order valence-electron chi connectivity index (χ4n) is 2.41. The molecule has 0 amide bonds. The predicted octanol–water partition coefficient (Wildman–Crippen LogP) is 2.89. The molecule has 1 aromatic rings. The average molecular weight is 265 g/mol. The Morgan fingerprint density at radius 2 is 2.21 bits per heavy atom. The van der Waals surface area contributed by atoms with Crippen molar-refractivity contribution in [3.63, 3.8) is 0 Å². The molecule has 0 atom stereocenters.